The Hall–Kier alpha value is -3.81. The van der Waals surface area contributed by atoms with E-state index in [1.807, 2.05) is 30.3 Å². The fraction of sp³-hybridized carbons (Fsp3) is 0.136. The van der Waals surface area contributed by atoms with Crippen LogP contribution in [0, 0.1) is 11.6 Å². The van der Waals surface area contributed by atoms with E-state index >= 15 is 0 Å². The van der Waals surface area contributed by atoms with Gasteiger partial charge in [-0.25, -0.2) is 18.1 Å². The van der Waals surface area contributed by atoms with Crippen molar-refractivity contribution in [1.29, 1.82) is 0 Å². The minimum absolute atomic E-state index is 0.279. The second-order valence-electron chi connectivity index (χ2n) is 7.07. The van der Waals surface area contributed by atoms with Gasteiger partial charge in [0, 0.05) is 29.6 Å². The number of carbonyl (C=O) groups is 1. The van der Waals surface area contributed by atoms with Gasteiger partial charge in [-0.05, 0) is 43.5 Å². The molecule has 2 heterocycles. The molecule has 0 aliphatic heterocycles. The number of anilines is 1. The minimum atomic E-state index is -0.952. The van der Waals surface area contributed by atoms with Crippen molar-refractivity contribution in [3.8, 4) is 11.4 Å². The lowest BCUT2D eigenvalue weighted by atomic mass is 10.2. The van der Waals surface area contributed by atoms with Gasteiger partial charge in [-0.1, -0.05) is 18.2 Å². The van der Waals surface area contributed by atoms with Gasteiger partial charge in [0.1, 0.15) is 0 Å². The number of carbonyl (C=O) groups excluding carboxylic acids is 1. The topological polar surface area (TPSA) is 64.7 Å². The third-order valence-electron chi connectivity index (χ3n) is 5.14. The van der Waals surface area contributed by atoms with Crippen LogP contribution in [0.5, 0.6) is 0 Å². The van der Waals surface area contributed by atoms with Crippen LogP contribution in [0.3, 0.4) is 0 Å². The monoisotopic (exact) mass is 405 g/mol. The highest BCUT2D eigenvalue weighted by Gasteiger charge is 2.27. The van der Waals surface area contributed by atoms with E-state index in [1.165, 1.54) is 10.7 Å². The number of hydrogen-bond acceptors (Lipinski definition) is 3. The maximum atomic E-state index is 13.7. The Labute approximate surface area is 170 Å². The molecule has 1 N–H and O–H groups in total. The van der Waals surface area contributed by atoms with Crippen LogP contribution in [-0.2, 0) is 12.8 Å². The first kappa shape index (κ1) is 18.2. The molecule has 150 valence electrons. The second-order valence-corrected chi connectivity index (χ2v) is 7.07. The van der Waals surface area contributed by atoms with Crippen LogP contribution in [0.1, 0.15) is 28.2 Å². The van der Waals surface area contributed by atoms with Gasteiger partial charge in [0.15, 0.2) is 23.1 Å². The number of aromatic nitrogens is 4. The van der Waals surface area contributed by atoms with Crippen molar-refractivity contribution in [1.82, 2.24) is 19.6 Å². The molecule has 1 aliphatic carbocycles. The van der Waals surface area contributed by atoms with E-state index in [0.717, 1.165) is 41.9 Å². The molecule has 6 nitrogen and oxygen atoms in total. The summed E-state index contributed by atoms with van der Waals surface area (Å²) in [7, 11) is 0. The van der Waals surface area contributed by atoms with Gasteiger partial charge < -0.3 is 5.32 Å². The first-order valence-electron chi connectivity index (χ1n) is 9.59. The third-order valence-corrected chi connectivity index (χ3v) is 5.14. The molecular weight excluding hydrogens is 388 g/mol. The van der Waals surface area contributed by atoms with Crippen LogP contribution < -0.4 is 5.32 Å². The molecule has 0 unspecified atom stereocenters. The normalized spacial score (nSPS) is 12.7. The Balaban J connectivity index is 1.44. The van der Waals surface area contributed by atoms with Gasteiger partial charge in [-0.2, -0.15) is 10.2 Å². The fourth-order valence-electron chi connectivity index (χ4n) is 3.74. The Kier molecular flexibility index (Phi) is 4.39. The van der Waals surface area contributed by atoms with E-state index in [4.69, 9.17) is 0 Å². The summed E-state index contributed by atoms with van der Waals surface area (Å²) in [6, 6.07) is 14.9. The Morgan fingerprint density at radius 2 is 1.77 bits per heavy atom. The number of halogens is 2. The molecule has 30 heavy (non-hydrogen) atoms. The summed E-state index contributed by atoms with van der Waals surface area (Å²) in [4.78, 5) is 12.9. The number of hydrogen-bond donors (Lipinski definition) is 1. The molecule has 0 saturated heterocycles. The molecule has 0 radical (unpaired) electrons. The summed E-state index contributed by atoms with van der Waals surface area (Å²) in [5.41, 5.74) is 3.23. The average Bonchev–Trinajstić information content (AvgIpc) is 3.47. The standard InChI is InChI=1S/C22H17F2N5O/c23-17-10-9-15(13-18(17)24)29-19-8-4-7-16(19)21(27-29)22(30)25-20-11-12-28(26-20)14-5-2-1-3-6-14/h1-3,5-6,9-13H,4,7-8H2,(H,25,26,30). The number of benzene rings is 2. The zero-order valence-corrected chi connectivity index (χ0v) is 15.8. The minimum Gasteiger partial charge on any atom is -0.304 e. The first-order valence-corrected chi connectivity index (χ1v) is 9.59. The molecule has 2 aromatic heterocycles. The molecule has 5 rings (SSSR count). The summed E-state index contributed by atoms with van der Waals surface area (Å²) >= 11 is 0. The summed E-state index contributed by atoms with van der Waals surface area (Å²) in [6.07, 6.45) is 4.06. The van der Waals surface area contributed by atoms with E-state index in [1.54, 1.807) is 16.9 Å². The molecule has 0 spiro atoms. The number of nitrogens with one attached hydrogen (secondary N) is 1. The maximum absolute atomic E-state index is 13.7. The Morgan fingerprint density at radius 3 is 2.57 bits per heavy atom. The number of fused-ring (bicyclic) bond motifs is 1. The largest absolute Gasteiger partial charge is 0.304 e. The lowest BCUT2D eigenvalue weighted by molar-refractivity contribution is 0.102. The van der Waals surface area contributed by atoms with E-state index in [2.05, 4.69) is 15.5 Å². The first-order chi connectivity index (χ1) is 14.6. The van der Waals surface area contributed by atoms with Crippen LogP contribution >= 0.6 is 0 Å². The van der Waals surface area contributed by atoms with Gasteiger partial charge in [0.05, 0.1) is 11.4 Å². The smallest absolute Gasteiger partial charge is 0.277 e. The zero-order chi connectivity index (χ0) is 20.7. The summed E-state index contributed by atoms with van der Waals surface area (Å²) in [5.74, 6) is -1.85. The molecule has 1 amide bonds. The van der Waals surface area contributed by atoms with Crippen molar-refractivity contribution in [3.63, 3.8) is 0 Å². The van der Waals surface area contributed by atoms with Gasteiger partial charge in [0.2, 0.25) is 0 Å². The van der Waals surface area contributed by atoms with Gasteiger partial charge in [-0.3, -0.25) is 4.79 Å². The predicted molar refractivity (Wildman–Crippen MR) is 107 cm³/mol. The average molecular weight is 405 g/mol. The molecule has 8 heteroatoms. The van der Waals surface area contributed by atoms with Crippen molar-refractivity contribution in [2.24, 2.45) is 0 Å². The molecule has 4 aromatic rings. The molecule has 0 saturated carbocycles. The highest BCUT2D eigenvalue weighted by molar-refractivity contribution is 6.03. The van der Waals surface area contributed by atoms with Crippen molar-refractivity contribution in [3.05, 3.63) is 89.4 Å². The molecule has 0 bridgehead atoms. The lowest BCUT2D eigenvalue weighted by Crippen LogP contribution is -2.15. The van der Waals surface area contributed by atoms with Gasteiger partial charge in [-0.15, -0.1) is 0 Å². The van der Waals surface area contributed by atoms with E-state index in [-0.39, 0.29) is 11.6 Å². The van der Waals surface area contributed by atoms with Crippen molar-refractivity contribution in [2.75, 3.05) is 5.32 Å². The molecular formula is C22H17F2N5O. The van der Waals surface area contributed by atoms with Crippen molar-refractivity contribution >= 4 is 11.7 Å². The summed E-state index contributed by atoms with van der Waals surface area (Å²) < 4.78 is 30.2. The summed E-state index contributed by atoms with van der Waals surface area (Å²) in [6.45, 7) is 0. The number of amides is 1. The predicted octanol–water partition coefficient (Wildman–Crippen LogP) is 4.08. The van der Waals surface area contributed by atoms with Crippen molar-refractivity contribution < 1.29 is 13.6 Å². The van der Waals surface area contributed by atoms with Crippen LogP contribution in [0.4, 0.5) is 14.6 Å². The Bertz CT molecular complexity index is 1250. The van der Waals surface area contributed by atoms with Gasteiger partial charge >= 0.3 is 0 Å². The molecule has 0 atom stereocenters. The molecule has 2 aromatic carbocycles. The fourth-order valence-corrected chi connectivity index (χ4v) is 3.74. The van der Waals surface area contributed by atoms with E-state index in [9.17, 15) is 13.6 Å². The second kappa shape index (κ2) is 7.22. The molecule has 1 aliphatic rings. The zero-order valence-electron chi connectivity index (χ0n) is 15.8. The van der Waals surface area contributed by atoms with Crippen molar-refractivity contribution in [2.45, 2.75) is 19.3 Å². The maximum Gasteiger partial charge on any atom is 0.277 e. The lowest BCUT2D eigenvalue weighted by Gasteiger charge is -2.06. The van der Waals surface area contributed by atoms with E-state index in [0.29, 0.717) is 17.9 Å². The number of para-hydroxylation sites is 1. The van der Waals surface area contributed by atoms with Crippen LogP contribution in [0.15, 0.2) is 60.8 Å². The highest BCUT2D eigenvalue weighted by Crippen LogP contribution is 2.28. The van der Waals surface area contributed by atoms with Gasteiger partial charge in [0.25, 0.3) is 5.91 Å². The number of nitrogens with zero attached hydrogens (tertiary/aromatic N) is 4. The quantitative estimate of drug-likeness (QED) is 0.557. The number of rotatable bonds is 4. The molecule has 0 fully saturated rings. The van der Waals surface area contributed by atoms with Crippen LogP contribution in [0.25, 0.3) is 11.4 Å². The summed E-state index contributed by atoms with van der Waals surface area (Å²) in [5, 5.41) is 11.6. The van der Waals surface area contributed by atoms with Crippen LogP contribution in [-0.4, -0.2) is 25.5 Å². The Morgan fingerprint density at radius 1 is 0.933 bits per heavy atom. The SMILES string of the molecule is O=C(Nc1ccn(-c2ccccc2)n1)c1nn(-c2ccc(F)c(F)c2)c2c1CCC2. The van der Waals surface area contributed by atoms with E-state index < -0.39 is 11.6 Å². The third kappa shape index (κ3) is 3.16. The highest BCUT2D eigenvalue weighted by atomic mass is 19.2. The van der Waals surface area contributed by atoms with Crippen LogP contribution in [0.2, 0.25) is 0 Å².